The number of nitrogens with zero attached hydrogens (tertiary/aromatic N) is 3. The van der Waals surface area contributed by atoms with E-state index in [4.69, 9.17) is 0 Å². The standard InChI is InChI=1S/C15H19N5O2S/c1-15(2,3)12-9-13-16-14(18-20(13)17-12)10-5-7-11(8-6-10)19-23(4,21)22/h5-9,17,19H,1-4H3. The average molecular weight is 333 g/mol. The fourth-order valence-electron chi connectivity index (χ4n) is 2.18. The van der Waals surface area contributed by atoms with E-state index in [0.717, 1.165) is 23.2 Å². The minimum atomic E-state index is -3.28. The molecule has 8 heteroatoms. The summed E-state index contributed by atoms with van der Waals surface area (Å²) in [6, 6.07) is 8.93. The van der Waals surface area contributed by atoms with Crippen LogP contribution < -0.4 is 4.72 Å². The summed E-state index contributed by atoms with van der Waals surface area (Å²) in [6.45, 7) is 6.35. The van der Waals surface area contributed by atoms with E-state index in [9.17, 15) is 8.42 Å². The van der Waals surface area contributed by atoms with Crippen LogP contribution in [0, 0.1) is 0 Å². The highest BCUT2D eigenvalue weighted by atomic mass is 32.2. The van der Waals surface area contributed by atoms with E-state index in [1.54, 1.807) is 28.9 Å². The van der Waals surface area contributed by atoms with Crippen LogP contribution in [0.3, 0.4) is 0 Å². The van der Waals surface area contributed by atoms with Crippen LogP contribution in [0.25, 0.3) is 17.0 Å². The predicted molar refractivity (Wildman–Crippen MR) is 89.9 cm³/mol. The van der Waals surface area contributed by atoms with Crippen LogP contribution in [0.15, 0.2) is 30.3 Å². The summed E-state index contributed by atoms with van der Waals surface area (Å²) in [5.41, 5.74) is 3.14. The lowest BCUT2D eigenvalue weighted by Gasteiger charge is -2.14. The van der Waals surface area contributed by atoms with Gasteiger partial charge in [-0.2, -0.15) is 4.63 Å². The van der Waals surface area contributed by atoms with Gasteiger partial charge in [-0.05, 0) is 24.3 Å². The van der Waals surface area contributed by atoms with Crippen molar-refractivity contribution in [1.29, 1.82) is 0 Å². The van der Waals surface area contributed by atoms with Gasteiger partial charge in [0.15, 0.2) is 11.5 Å². The van der Waals surface area contributed by atoms with E-state index in [2.05, 4.69) is 40.7 Å². The molecule has 0 aliphatic heterocycles. The van der Waals surface area contributed by atoms with Crippen molar-refractivity contribution in [3.05, 3.63) is 36.0 Å². The van der Waals surface area contributed by atoms with Gasteiger partial charge in [0.05, 0.1) is 6.26 Å². The fourth-order valence-corrected chi connectivity index (χ4v) is 2.75. The predicted octanol–water partition coefficient (Wildman–Crippen LogP) is 2.39. The van der Waals surface area contributed by atoms with Crippen LogP contribution in [0.4, 0.5) is 5.69 Å². The van der Waals surface area contributed by atoms with E-state index in [1.807, 2.05) is 6.07 Å². The second-order valence-corrected chi connectivity index (χ2v) is 8.33. The first-order valence-corrected chi connectivity index (χ1v) is 9.05. The Morgan fingerprint density at radius 3 is 2.35 bits per heavy atom. The van der Waals surface area contributed by atoms with Crippen molar-refractivity contribution in [3.63, 3.8) is 0 Å². The highest BCUT2D eigenvalue weighted by molar-refractivity contribution is 7.92. The van der Waals surface area contributed by atoms with Crippen LogP contribution in [0.1, 0.15) is 26.5 Å². The number of aromatic amines is 1. The van der Waals surface area contributed by atoms with Crippen LogP contribution in [-0.4, -0.2) is 34.5 Å². The third-order valence-corrected chi connectivity index (χ3v) is 3.99. The van der Waals surface area contributed by atoms with Gasteiger partial charge >= 0.3 is 0 Å². The molecule has 1 aromatic carbocycles. The van der Waals surface area contributed by atoms with E-state index in [1.165, 1.54) is 0 Å². The lowest BCUT2D eigenvalue weighted by atomic mass is 9.93. The van der Waals surface area contributed by atoms with Crippen molar-refractivity contribution in [3.8, 4) is 11.4 Å². The number of anilines is 1. The quantitative estimate of drug-likeness (QED) is 0.770. The van der Waals surface area contributed by atoms with Crippen molar-refractivity contribution >= 4 is 21.4 Å². The molecule has 0 fully saturated rings. The summed E-state index contributed by atoms with van der Waals surface area (Å²) in [6.07, 6.45) is 1.12. The Hall–Kier alpha value is -2.35. The zero-order valence-corrected chi connectivity index (χ0v) is 14.3. The van der Waals surface area contributed by atoms with E-state index < -0.39 is 10.0 Å². The summed E-state index contributed by atoms with van der Waals surface area (Å²) in [5, 5.41) is 7.65. The number of sulfonamides is 1. The molecule has 0 amide bonds. The van der Waals surface area contributed by atoms with Crippen LogP contribution in [0.2, 0.25) is 0 Å². The van der Waals surface area contributed by atoms with Crippen molar-refractivity contribution in [2.24, 2.45) is 0 Å². The molecule has 7 nitrogen and oxygen atoms in total. The van der Waals surface area contributed by atoms with Gasteiger partial charge < -0.3 is 0 Å². The highest BCUT2D eigenvalue weighted by Crippen LogP contribution is 2.24. The summed E-state index contributed by atoms with van der Waals surface area (Å²) in [5.74, 6) is 0.586. The second kappa shape index (κ2) is 5.09. The highest BCUT2D eigenvalue weighted by Gasteiger charge is 2.18. The third kappa shape index (κ3) is 3.37. The number of benzene rings is 1. The molecule has 0 saturated carbocycles. The Balaban J connectivity index is 1.90. The van der Waals surface area contributed by atoms with Gasteiger partial charge in [0.25, 0.3) is 0 Å². The molecule has 0 saturated heterocycles. The lowest BCUT2D eigenvalue weighted by Crippen LogP contribution is -2.12. The maximum Gasteiger partial charge on any atom is 0.229 e. The van der Waals surface area contributed by atoms with Crippen LogP contribution >= 0.6 is 0 Å². The maximum atomic E-state index is 11.2. The molecule has 23 heavy (non-hydrogen) atoms. The van der Waals surface area contributed by atoms with Gasteiger partial charge in [0.2, 0.25) is 10.0 Å². The largest absolute Gasteiger partial charge is 0.284 e. The Morgan fingerprint density at radius 1 is 1.17 bits per heavy atom. The summed E-state index contributed by atoms with van der Waals surface area (Å²) < 4.78 is 26.5. The van der Waals surface area contributed by atoms with Gasteiger partial charge in [-0.15, -0.1) is 5.10 Å². The molecule has 0 atom stereocenters. The van der Waals surface area contributed by atoms with E-state index >= 15 is 0 Å². The molecule has 0 unspecified atom stereocenters. The first-order chi connectivity index (χ1) is 10.6. The maximum absolute atomic E-state index is 11.2. The molecule has 0 radical (unpaired) electrons. The number of H-pyrrole nitrogens is 1. The third-order valence-electron chi connectivity index (χ3n) is 3.39. The number of fused-ring (bicyclic) bond motifs is 1. The van der Waals surface area contributed by atoms with E-state index in [0.29, 0.717) is 11.5 Å². The zero-order chi connectivity index (χ0) is 16.8. The Kier molecular flexibility index (Phi) is 3.44. The molecule has 3 aromatic rings. The van der Waals surface area contributed by atoms with Crippen LogP contribution in [0.5, 0.6) is 0 Å². The van der Waals surface area contributed by atoms with Gasteiger partial charge in [-0.1, -0.05) is 20.8 Å². The van der Waals surface area contributed by atoms with Crippen molar-refractivity contribution in [1.82, 2.24) is 19.8 Å². The Labute approximate surface area is 134 Å². The molecular formula is C15H19N5O2S. The van der Waals surface area contributed by atoms with E-state index in [-0.39, 0.29) is 5.41 Å². The SMILES string of the molecule is CC(C)(C)c1cc2nc(-c3ccc(NS(C)(=O)=O)cc3)nn2[nH]1. The monoisotopic (exact) mass is 333 g/mol. The molecule has 122 valence electrons. The summed E-state index contributed by atoms with van der Waals surface area (Å²) in [7, 11) is -3.28. The minimum Gasteiger partial charge on any atom is -0.284 e. The van der Waals surface area contributed by atoms with Crippen molar-refractivity contribution in [2.45, 2.75) is 26.2 Å². The molecule has 2 N–H and O–H groups in total. The second-order valence-electron chi connectivity index (χ2n) is 6.58. The Morgan fingerprint density at radius 2 is 1.83 bits per heavy atom. The Bertz CT molecular complexity index is 915. The van der Waals surface area contributed by atoms with Gasteiger partial charge in [0, 0.05) is 28.4 Å². The number of hydrogen-bond acceptors (Lipinski definition) is 4. The van der Waals surface area contributed by atoms with Gasteiger partial charge in [-0.3, -0.25) is 9.82 Å². The molecule has 0 aliphatic rings. The molecule has 2 heterocycles. The first kappa shape index (κ1) is 15.5. The summed E-state index contributed by atoms with van der Waals surface area (Å²) >= 11 is 0. The topological polar surface area (TPSA) is 92.2 Å². The molecule has 2 aromatic heterocycles. The molecular weight excluding hydrogens is 314 g/mol. The first-order valence-electron chi connectivity index (χ1n) is 7.16. The van der Waals surface area contributed by atoms with Gasteiger partial charge in [-0.25, -0.2) is 13.4 Å². The number of nitrogens with one attached hydrogen (secondary N) is 2. The molecule has 0 aliphatic carbocycles. The summed E-state index contributed by atoms with van der Waals surface area (Å²) in [4.78, 5) is 4.50. The number of rotatable bonds is 3. The number of aromatic nitrogens is 4. The fraction of sp³-hybridized carbons (Fsp3) is 0.333. The zero-order valence-electron chi connectivity index (χ0n) is 13.5. The van der Waals surface area contributed by atoms with Gasteiger partial charge in [0.1, 0.15) is 0 Å². The smallest absolute Gasteiger partial charge is 0.229 e. The van der Waals surface area contributed by atoms with Crippen molar-refractivity contribution < 1.29 is 8.42 Å². The molecule has 0 spiro atoms. The lowest BCUT2D eigenvalue weighted by molar-refractivity contribution is 0.557. The average Bonchev–Trinajstić information content (AvgIpc) is 2.95. The number of hydrogen-bond donors (Lipinski definition) is 2. The molecule has 3 rings (SSSR count). The molecule has 0 bridgehead atoms. The van der Waals surface area contributed by atoms with Crippen molar-refractivity contribution in [2.75, 3.05) is 11.0 Å². The normalized spacial score (nSPS) is 12.7. The van der Waals surface area contributed by atoms with Crippen LogP contribution in [-0.2, 0) is 15.4 Å². The minimum absolute atomic E-state index is 0.00149.